The molecule has 0 aliphatic carbocycles. The first-order valence-corrected chi connectivity index (χ1v) is 9.13. The van der Waals surface area contributed by atoms with Gasteiger partial charge in [-0.05, 0) is 53.9 Å². The number of halogens is 2. The Morgan fingerprint density at radius 3 is 3.00 bits per heavy atom. The highest BCUT2D eigenvalue weighted by Crippen LogP contribution is 2.35. The van der Waals surface area contributed by atoms with Crippen LogP contribution < -0.4 is 10.4 Å². The van der Waals surface area contributed by atoms with Crippen molar-refractivity contribution in [2.45, 2.75) is 43.8 Å². The standard InChI is InChI=1S/C16H20BrClN4O2/c1-10(18)24-16(23)22-12-6-7-13(22)9-11(8-12)20-21(2)15-5-3-4-14(17)19-15/h3-5,8,10,12-13,20H,6-7,9H2,1-2H3. The number of nitrogens with zero attached hydrogens (tertiary/aromatic N) is 3. The predicted molar refractivity (Wildman–Crippen MR) is 96.6 cm³/mol. The Kier molecular flexibility index (Phi) is 5.20. The van der Waals surface area contributed by atoms with Gasteiger partial charge in [0.2, 0.25) is 0 Å². The van der Waals surface area contributed by atoms with Crippen molar-refractivity contribution in [3.63, 3.8) is 0 Å². The maximum absolute atomic E-state index is 12.2. The van der Waals surface area contributed by atoms with Gasteiger partial charge in [-0.1, -0.05) is 17.7 Å². The minimum atomic E-state index is -0.617. The molecule has 1 amide bonds. The number of alkyl halides is 1. The predicted octanol–water partition coefficient (Wildman–Crippen LogP) is 3.63. The number of hydrazine groups is 1. The second kappa shape index (κ2) is 7.19. The Morgan fingerprint density at radius 2 is 2.33 bits per heavy atom. The first-order chi connectivity index (χ1) is 11.4. The Balaban J connectivity index is 1.68. The first-order valence-electron chi connectivity index (χ1n) is 7.90. The number of carbonyl (C=O) groups excluding carboxylic acids is 1. The SMILES string of the molecule is CC(Cl)OC(=O)N1C2C=C(NN(C)c3cccc(Br)n3)CC1CC2. The zero-order valence-electron chi connectivity index (χ0n) is 13.6. The average molecular weight is 416 g/mol. The Hall–Kier alpha value is -1.47. The van der Waals surface area contributed by atoms with Crippen LogP contribution in [0.5, 0.6) is 0 Å². The van der Waals surface area contributed by atoms with Crippen molar-refractivity contribution in [1.82, 2.24) is 15.3 Å². The van der Waals surface area contributed by atoms with Gasteiger partial charge in [-0.25, -0.2) is 9.78 Å². The van der Waals surface area contributed by atoms with Crippen molar-refractivity contribution >= 4 is 39.4 Å². The van der Waals surface area contributed by atoms with Crippen LogP contribution in [0, 0.1) is 0 Å². The van der Waals surface area contributed by atoms with Crippen molar-refractivity contribution in [2.75, 3.05) is 12.1 Å². The summed E-state index contributed by atoms with van der Waals surface area (Å²) in [7, 11) is 1.92. The molecule has 0 saturated carbocycles. The molecule has 3 heterocycles. The Morgan fingerprint density at radius 1 is 1.54 bits per heavy atom. The molecule has 2 aliphatic heterocycles. The zero-order valence-corrected chi connectivity index (χ0v) is 15.9. The summed E-state index contributed by atoms with van der Waals surface area (Å²) < 4.78 is 5.93. The second-order valence-electron chi connectivity index (χ2n) is 6.02. The highest BCUT2D eigenvalue weighted by molar-refractivity contribution is 9.10. The molecule has 1 aromatic heterocycles. The summed E-state index contributed by atoms with van der Waals surface area (Å²) in [6.07, 6.45) is 4.44. The van der Waals surface area contributed by atoms with Gasteiger partial charge in [0.15, 0.2) is 5.56 Å². The number of pyridine rings is 1. The van der Waals surface area contributed by atoms with E-state index in [4.69, 9.17) is 16.3 Å². The highest BCUT2D eigenvalue weighted by atomic mass is 79.9. The molecule has 0 spiro atoms. The van der Waals surface area contributed by atoms with Crippen molar-refractivity contribution in [3.8, 4) is 0 Å². The maximum Gasteiger partial charge on any atom is 0.412 e. The minimum Gasteiger partial charge on any atom is -0.430 e. The third-order valence-electron chi connectivity index (χ3n) is 4.22. The van der Waals surface area contributed by atoms with E-state index in [1.807, 2.05) is 30.3 Å². The molecule has 24 heavy (non-hydrogen) atoms. The summed E-state index contributed by atoms with van der Waals surface area (Å²) >= 11 is 9.15. The number of anilines is 1. The van der Waals surface area contributed by atoms with E-state index in [0.717, 1.165) is 35.4 Å². The quantitative estimate of drug-likeness (QED) is 0.462. The van der Waals surface area contributed by atoms with Crippen LogP contribution in [0.25, 0.3) is 0 Å². The Bertz CT molecular complexity index is 655. The van der Waals surface area contributed by atoms with Gasteiger partial charge in [0, 0.05) is 25.2 Å². The fourth-order valence-corrected chi connectivity index (χ4v) is 3.66. The van der Waals surface area contributed by atoms with Crippen molar-refractivity contribution in [1.29, 1.82) is 0 Å². The summed E-state index contributed by atoms with van der Waals surface area (Å²) in [5.74, 6) is 0.815. The first kappa shape index (κ1) is 17.4. The molecule has 130 valence electrons. The van der Waals surface area contributed by atoms with Gasteiger partial charge in [-0.3, -0.25) is 9.91 Å². The number of rotatable bonds is 4. The number of hydrogen-bond donors (Lipinski definition) is 1. The van der Waals surface area contributed by atoms with Crippen molar-refractivity contribution in [2.24, 2.45) is 0 Å². The molecule has 2 aliphatic rings. The van der Waals surface area contributed by atoms with Crippen LogP contribution >= 0.6 is 27.5 Å². The zero-order chi connectivity index (χ0) is 17.3. The monoisotopic (exact) mass is 414 g/mol. The Labute approximate surface area is 154 Å². The topological polar surface area (TPSA) is 57.7 Å². The van der Waals surface area contributed by atoms with Crippen LogP contribution in [-0.4, -0.2) is 40.7 Å². The molecule has 3 unspecified atom stereocenters. The number of aromatic nitrogens is 1. The van der Waals surface area contributed by atoms with Gasteiger partial charge < -0.3 is 10.2 Å². The van der Waals surface area contributed by atoms with Gasteiger partial charge in [0.1, 0.15) is 10.4 Å². The molecule has 0 aromatic carbocycles. The van der Waals surface area contributed by atoms with E-state index in [2.05, 4.69) is 32.4 Å². The number of carbonyl (C=O) groups is 1. The lowest BCUT2D eigenvalue weighted by Gasteiger charge is -2.35. The van der Waals surface area contributed by atoms with E-state index in [0.29, 0.717) is 0 Å². The van der Waals surface area contributed by atoms with Crippen LogP contribution in [0.2, 0.25) is 0 Å². The number of nitrogens with one attached hydrogen (secondary N) is 1. The molecule has 3 rings (SSSR count). The molecule has 1 aromatic rings. The molecule has 2 bridgehead atoms. The van der Waals surface area contributed by atoms with E-state index >= 15 is 0 Å². The molecular formula is C16H20BrClN4O2. The van der Waals surface area contributed by atoms with Crippen molar-refractivity contribution < 1.29 is 9.53 Å². The summed E-state index contributed by atoms with van der Waals surface area (Å²) in [6.45, 7) is 1.65. The van der Waals surface area contributed by atoms with E-state index in [1.54, 1.807) is 11.8 Å². The normalized spacial score (nSPS) is 23.5. The smallest absolute Gasteiger partial charge is 0.412 e. The third kappa shape index (κ3) is 3.78. The summed E-state index contributed by atoms with van der Waals surface area (Å²) in [6, 6.07) is 5.96. The molecule has 8 heteroatoms. The fourth-order valence-electron chi connectivity index (χ4n) is 3.25. The molecule has 1 N–H and O–H groups in total. The summed E-state index contributed by atoms with van der Waals surface area (Å²) in [4.78, 5) is 18.4. The lowest BCUT2D eigenvalue weighted by molar-refractivity contribution is 0.0809. The number of hydrogen-bond acceptors (Lipinski definition) is 5. The van der Waals surface area contributed by atoms with E-state index in [1.165, 1.54) is 0 Å². The van der Waals surface area contributed by atoms with Gasteiger partial charge in [-0.15, -0.1) is 0 Å². The second-order valence-corrected chi connectivity index (χ2v) is 7.45. The van der Waals surface area contributed by atoms with E-state index in [-0.39, 0.29) is 18.2 Å². The number of ether oxygens (including phenoxy) is 1. The third-order valence-corrected chi connectivity index (χ3v) is 4.76. The van der Waals surface area contributed by atoms with E-state index < -0.39 is 5.56 Å². The summed E-state index contributed by atoms with van der Waals surface area (Å²) in [5.41, 5.74) is 3.85. The fraction of sp³-hybridized carbons (Fsp3) is 0.500. The van der Waals surface area contributed by atoms with Gasteiger partial charge in [0.25, 0.3) is 0 Å². The molecule has 3 atom stereocenters. The van der Waals surface area contributed by atoms with Gasteiger partial charge >= 0.3 is 6.09 Å². The molecule has 0 radical (unpaired) electrons. The van der Waals surface area contributed by atoms with Crippen LogP contribution in [-0.2, 0) is 4.74 Å². The molecule has 6 nitrogen and oxygen atoms in total. The lowest BCUT2D eigenvalue weighted by Crippen LogP contribution is -2.47. The average Bonchev–Trinajstić information content (AvgIpc) is 2.78. The van der Waals surface area contributed by atoms with Gasteiger partial charge in [0.05, 0.1) is 6.04 Å². The van der Waals surface area contributed by atoms with Crippen LogP contribution in [0.1, 0.15) is 26.2 Å². The van der Waals surface area contributed by atoms with Crippen molar-refractivity contribution in [3.05, 3.63) is 34.6 Å². The highest BCUT2D eigenvalue weighted by Gasteiger charge is 2.41. The van der Waals surface area contributed by atoms with Crippen LogP contribution in [0.4, 0.5) is 10.6 Å². The number of amides is 1. The summed E-state index contributed by atoms with van der Waals surface area (Å²) in [5, 5.41) is 1.88. The van der Waals surface area contributed by atoms with Gasteiger partial charge in [-0.2, -0.15) is 0 Å². The van der Waals surface area contributed by atoms with Crippen LogP contribution in [0.15, 0.2) is 34.6 Å². The number of fused-ring (bicyclic) bond motifs is 2. The van der Waals surface area contributed by atoms with E-state index in [9.17, 15) is 4.79 Å². The molecule has 1 fully saturated rings. The van der Waals surface area contributed by atoms with Crippen LogP contribution in [0.3, 0.4) is 0 Å². The largest absolute Gasteiger partial charge is 0.430 e. The molecule has 1 saturated heterocycles. The minimum absolute atomic E-state index is 0.0537. The molecular weight excluding hydrogens is 396 g/mol. The maximum atomic E-state index is 12.2. The lowest BCUT2D eigenvalue weighted by atomic mass is 10.1.